The van der Waals surface area contributed by atoms with Crippen molar-refractivity contribution in [3.63, 3.8) is 0 Å². The SMILES string of the molecule is Cc1ccc(NC(=O)COC(=O)c2c(-c3ccccc3)noc2C)c(Cl)c1. The van der Waals surface area contributed by atoms with Crippen LogP contribution < -0.4 is 5.32 Å². The van der Waals surface area contributed by atoms with Crippen molar-refractivity contribution in [3.05, 3.63) is 70.4 Å². The third kappa shape index (κ3) is 4.35. The molecule has 0 bridgehead atoms. The van der Waals surface area contributed by atoms with Gasteiger partial charge in [0.15, 0.2) is 6.61 Å². The molecule has 7 heteroatoms. The molecule has 0 aliphatic carbocycles. The second kappa shape index (κ2) is 8.05. The Balaban J connectivity index is 1.68. The zero-order chi connectivity index (χ0) is 19.4. The number of esters is 1. The summed E-state index contributed by atoms with van der Waals surface area (Å²) < 4.78 is 10.3. The summed E-state index contributed by atoms with van der Waals surface area (Å²) in [5.41, 5.74) is 2.72. The first-order chi connectivity index (χ1) is 13.0. The standard InChI is InChI=1S/C20H17ClN2O4/c1-12-8-9-16(15(21)10-12)22-17(24)11-26-20(25)18-13(2)27-23-19(18)14-6-4-3-5-7-14/h3-10H,11H2,1-2H3,(H,22,24). The lowest BCUT2D eigenvalue weighted by molar-refractivity contribution is -0.119. The minimum Gasteiger partial charge on any atom is -0.452 e. The van der Waals surface area contributed by atoms with Gasteiger partial charge in [-0.25, -0.2) is 4.79 Å². The van der Waals surface area contributed by atoms with Crippen LogP contribution in [0.3, 0.4) is 0 Å². The Hall–Kier alpha value is -3.12. The van der Waals surface area contributed by atoms with Crippen molar-refractivity contribution in [1.82, 2.24) is 5.16 Å². The van der Waals surface area contributed by atoms with Crippen molar-refractivity contribution in [1.29, 1.82) is 0 Å². The first-order valence-corrected chi connectivity index (χ1v) is 8.58. The Morgan fingerprint density at radius 1 is 1.15 bits per heavy atom. The number of hydrogen-bond donors (Lipinski definition) is 1. The minimum absolute atomic E-state index is 0.197. The van der Waals surface area contributed by atoms with Gasteiger partial charge in [-0.05, 0) is 31.5 Å². The Morgan fingerprint density at radius 2 is 1.89 bits per heavy atom. The molecule has 0 radical (unpaired) electrons. The number of aromatic nitrogens is 1. The summed E-state index contributed by atoms with van der Waals surface area (Å²) in [7, 11) is 0. The number of carbonyl (C=O) groups is 2. The van der Waals surface area contributed by atoms with Gasteiger partial charge in [-0.15, -0.1) is 0 Å². The van der Waals surface area contributed by atoms with Gasteiger partial charge in [0.2, 0.25) is 0 Å². The number of amides is 1. The first-order valence-electron chi connectivity index (χ1n) is 8.20. The highest BCUT2D eigenvalue weighted by Crippen LogP contribution is 2.26. The van der Waals surface area contributed by atoms with Crippen molar-refractivity contribution in [2.75, 3.05) is 11.9 Å². The molecule has 0 fully saturated rings. The van der Waals surface area contributed by atoms with Gasteiger partial charge in [0, 0.05) is 5.56 Å². The summed E-state index contributed by atoms with van der Waals surface area (Å²) in [4.78, 5) is 24.5. The van der Waals surface area contributed by atoms with Gasteiger partial charge in [0.25, 0.3) is 5.91 Å². The average molecular weight is 385 g/mol. The second-order valence-corrected chi connectivity index (χ2v) is 6.34. The Morgan fingerprint density at radius 3 is 2.59 bits per heavy atom. The largest absolute Gasteiger partial charge is 0.452 e. The molecule has 138 valence electrons. The summed E-state index contributed by atoms with van der Waals surface area (Å²) >= 11 is 6.08. The van der Waals surface area contributed by atoms with E-state index in [9.17, 15) is 9.59 Å². The Labute approximate surface area is 161 Å². The molecule has 2 aromatic carbocycles. The molecule has 1 heterocycles. The highest BCUT2D eigenvalue weighted by Gasteiger charge is 2.23. The maximum absolute atomic E-state index is 12.5. The molecular weight excluding hydrogens is 368 g/mol. The summed E-state index contributed by atoms with van der Waals surface area (Å²) in [6, 6.07) is 14.4. The number of aryl methyl sites for hydroxylation is 2. The van der Waals surface area contributed by atoms with E-state index in [1.54, 1.807) is 31.2 Å². The van der Waals surface area contributed by atoms with E-state index >= 15 is 0 Å². The summed E-state index contributed by atoms with van der Waals surface area (Å²) in [5.74, 6) is -0.858. The number of halogens is 1. The fraction of sp³-hybridized carbons (Fsp3) is 0.150. The van der Waals surface area contributed by atoms with Crippen molar-refractivity contribution in [2.24, 2.45) is 0 Å². The highest BCUT2D eigenvalue weighted by atomic mass is 35.5. The van der Waals surface area contributed by atoms with Crippen LogP contribution in [0.25, 0.3) is 11.3 Å². The van der Waals surface area contributed by atoms with Gasteiger partial charge >= 0.3 is 5.97 Å². The molecule has 0 unspecified atom stereocenters. The van der Waals surface area contributed by atoms with Crippen molar-refractivity contribution < 1.29 is 18.8 Å². The normalized spacial score (nSPS) is 10.5. The van der Waals surface area contributed by atoms with Crippen LogP contribution >= 0.6 is 11.6 Å². The maximum Gasteiger partial charge on any atom is 0.344 e. The molecule has 1 N–H and O–H groups in total. The van der Waals surface area contributed by atoms with Gasteiger partial charge in [0.1, 0.15) is 17.0 Å². The molecule has 0 atom stereocenters. The van der Waals surface area contributed by atoms with Crippen LogP contribution in [0.15, 0.2) is 53.1 Å². The molecule has 6 nitrogen and oxygen atoms in total. The van der Waals surface area contributed by atoms with Gasteiger partial charge in [-0.3, -0.25) is 4.79 Å². The fourth-order valence-electron chi connectivity index (χ4n) is 2.52. The van der Waals surface area contributed by atoms with E-state index in [0.717, 1.165) is 11.1 Å². The van der Waals surface area contributed by atoms with E-state index in [-0.39, 0.29) is 5.56 Å². The fourth-order valence-corrected chi connectivity index (χ4v) is 2.80. The zero-order valence-electron chi connectivity index (χ0n) is 14.8. The predicted molar refractivity (Wildman–Crippen MR) is 102 cm³/mol. The van der Waals surface area contributed by atoms with Gasteiger partial charge in [-0.1, -0.05) is 53.2 Å². The predicted octanol–water partition coefficient (Wildman–Crippen LogP) is 4.41. The van der Waals surface area contributed by atoms with Crippen molar-refractivity contribution in [3.8, 4) is 11.3 Å². The molecule has 3 rings (SSSR count). The highest BCUT2D eigenvalue weighted by molar-refractivity contribution is 6.33. The topological polar surface area (TPSA) is 81.4 Å². The quantitative estimate of drug-likeness (QED) is 0.659. The van der Waals surface area contributed by atoms with E-state index in [1.165, 1.54) is 0 Å². The number of rotatable bonds is 5. The number of benzene rings is 2. The Kier molecular flexibility index (Phi) is 5.57. The van der Waals surface area contributed by atoms with Crippen molar-refractivity contribution in [2.45, 2.75) is 13.8 Å². The van der Waals surface area contributed by atoms with Crippen LogP contribution in [0.5, 0.6) is 0 Å². The average Bonchev–Trinajstić information content (AvgIpc) is 3.04. The smallest absolute Gasteiger partial charge is 0.344 e. The summed E-state index contributed by atoms with van der Waals surface area (Å²) in [5, 5.41) is 6.95. The van der Waals surface area contributed by atoms with E-state index in [2.05, 4.69) is 10.5 Å². The molecule has 0 saturated carbocycles. The number of nitrogens with one attached hydrogen (secondary N) is 1. The summed E-state index contributed by atoms with van der Waals surface area (Å²) in [6.45, 7) is 3.05. The molecule has 0 aliphatic rings. The van der Waals surface area contributed by atoms with Gasteiger partial charge < -0.3 is 14.6 Å². The third-order valence-electron chi connectivity index (χ3n) is 3.85. The molecule has 27 heavy (non-hydrogen) atoms. The number of ether oxygens (including phenoxy) is 1. The molecule has 0 saturated heterocycles. The Bertz CT molecular complexity index is 983. The lowest BCUT2D eigenvalue weighted by Gasteiger charge is -2.09. The monoisotopic (exact) mass is 384 g/mol. The second-order valence-electron chi connectivity index (χ2n) is 5.94. The lowest BCUT2D eigenvalue weighted by atomic mass is 10.1. The minimum atomic E-state index is -0.683. The lowest BCUT2D eigenvalue weighted by Crippen LogP contribution is -2.21. The molecule has 0 spiro atoms. The van der Waals surface area contributed by atoms with Gasteiger partial charge in [0.05, 0.1) is 10.7 Å². The van der Waals surface area contributed by atoms with Crippen LogP contribution in [0, 0.1) is 13.8 Å². The number of nitrogens with zero attached hydrogens (tertiary/aromatic N) is 1. The van der Waals surface area contributed by atoms with E-state index in [0.29, 0.717) is 22.2 Å². The zero-order valence-corrected chi connectivity index (χ0v) is 15.5. The van der Waals surface area contributed by atoms with Crippen LogP contribution in [-0.2, 0) is 9.53 Å². The van der Waals surface area contributed by atoms with E-state index in [4.69, 9.17) is 20.9 Å². The van der Waals surface area contributed by atoms with Crippen LogP contribution in [0.1, 0.15) is 21.7 Å². The number of carbonyl (C=O) groups excluding carboxylic acids is 2. The van der Waals surface area contributed by atoms with E-state index in [1.807, 2.05) is 31.2 Å². The van der Waals surface area contributed by atoms with Crippen LogP contribution in [0.4, 0.5) is 5.69 Å². The van der Waals surface area contributed by atoms with Crippen LogP contribution in [0.2, 0.25) is 5.02 Å². The van der Waals surface area contributed by atoms with Gasteiger partial charge in [-0.2, -0.15) is 0 Å². The first kappa shape index (κ1) is 18.7. The summed E-state index contributed by atoms with van der Waals surface area (Å²) in [6.07, 6.45) is 0. The maximum atomic E-state index is 12.5. The van der Waals surface area contributed by atoms with E-state index < -0.39 is 18.5 Å². The number of anilines is 1. The number of hydrogen-bond acceptors (Lipinski definition) is 5. The molecular formula is C20H17ClN2O4. The third-order valence-corrected chi connectivity index (χ3v) is 4.16. The van der Waals surface area contributed by atoms with Crippen molar-refractivity contribution >= 4 is 29.2 Å². The molecule has 0 aliphatic heterocycles. The van der Waals surface area contributed by atoms with Crippen LogP contribution in [-0.4, -0.2) is 23.6 Å². The molecule has 1 amide bonds. The molecule has 1 aromatic heterocycles. The molecule has 3 aromatic rings.